The fraction of sp³-hybridized carbons (Fsp3) is 0.417. The van der Waals surface area contributed by atoms with Crippen LogP contribution in [0.25, 0.3) is 0 Å². The number of thiocarbonyl (C=S) groups is 1. The first-order valence-electron chi connectivity index (χ1n) is 11.1. The zero-order valence-electron chi connectivity index (χ0n) is 18.4. The molecule has 0 bridgehead atoms. The number of amides is 1. The molecule has 0 aromatic heterocycles. The molecule has 1 aliphatic heterocycles. The highest BCUT2D eigenvalue weighted by atomic mass is 35.5. The van der Waals surface area contributed by atoms with Gasteiger partial charge in [-0.3, -0.25) is 9.69 Å². The number of carbonyl (C=O) groups is 1. The Labute approximate surface area is 206 Å². The molecule has 1 amide bonds. The van der Waals surface area contributed by atoms with Crippen molar-refractivity contribution >= 4 is 57.8 Å². The summed E-state index contributed by atoms with van der Waals surface area (Å²) in [5.41, 5.74) is 2.92. The van der Waals surface area contributed by atoms with Gasteiger partial charge in [0.05, 0.1) is 10.7 Å². The number of carbonyl (C=O) groups excluding carboxylic acids is 1. The highest BCUT2D eigenvalue weighted by Crippen LogP contribution is 2.30. The number of unbranched alkanes of at least 4 members (excludes halogenated alkanes) is 2. The Kier molecular flexibility index (Phi) is 9.60. The van der Waals surface area contributed by atoms with Gasteiger partial charge in [0.1, 0.15) is 0 Å². The van der Waals surface area contributed by atoms with Crippen LogP contribution in [0.2, 0.25) is 10.0 Å². The predicted molar refractivity (Wildman–Crippen MR) is 139 cm³/mol. The third-order valence-corrected chi connectivity index (χ3v) is 6.41. The van der Waals surface area contributed by atoms with Gasteiger partial charge in [0.2, 0.25) is 5.91 Å². The molecule has 1 fully saturated rings. The topological polar surface area (TPSA) is 47.6 Å². The lowest BCUT2D eigenvalue weighted by Crippen LogP contribution is -2.46. The second-order valence-corrected chi connectivity index (χ2v) is 9.20. The van der Waals surface area contributed by atoms with Gasteiger partial charge in [-0.15, -0.1) is 0 Å². The molecule has 8 heteroatoms. The maximum atomic E-state index is 11.9. The van der Waals surface area contributed by atoms with E-state index in [9.17, 15) is 4.79 Å². The summed E-state index contributed by atoms with van der Waals surface area (Å²) in [7, 11) is 0. The third-order valence-electron chi connectivity index (χ3n) is 5.53. The fourth-order valence-corrected chi connectivity index (χ4v) is 4.47. The van der Waals surface area contributed by atoms with Gasteiger partial charge in [-0.1, -0.05) is 61.2 Å². The SMILES string of the molecule is CCCCCC(=O)NC(=S)Nc1ccc(N2CCN(Cc3ccccc3Cl)CC2)c(Cl)c1. The standard InChI is InChI=1S/C24H30Cl2N4OS/c1-2-3-4-9-23(31)28-24(32)27-19-10-11-22(21(26)16-19)30-14-12-29(13-15-30)17-18-7-5-6-8-20(18)25/h5-8,10-11,16H,2-4,9,12-15,17H2,1H3,(H2,27,28,31,32). The largest absolute Gasteiger partial charge is 0.368 e. The Bertz CT molecular complexity index is 932. The molecule has 5 nitrogen and oxygen atoms in total. The molecular formula is C24H30Cl2N4OS. The Balaban J connectivity index is 1.49. The Hall–Kier alpha value is -1.86. The molecule has 0 spiro atoms. The van der Waals surface area contributed by atoms with Gasteiger partial charge in [-0.2, -0.15) is 0 Å². The average molecular weight is 494 g/mol. The van der Waals surface area contributed by atoms with E-state index in [1.165, 1.54) is 0 Å². The van der Waals surface area contributed by atoms with Crippen LogP contribution in [-0.2, 0) is 11.3 Å². The molecule has 2 aromatic carbocycles. The van der Waals surface area contributed by atoms with Crippen LogP contribution in [0.3, 0.4) is 0 Å². The highest BCUT2D eigenvalue weighted by Gasteiger charge is 2.20. The van der Waals surface area contributed by atoms with E-state index in [1.807, 2.05) is 36.4 Å². The van der Waals surface area contributed by atoms with Crippen molar-refractivity contribution in [2.24, 2.45) is 0 Å². The zero-order chi connectivity index (χ0) is 22.9. The van der Waals surface area contributed by atoms with E-state index in [4.69, 9.17) is 35.4 Å². The van der Waals surface area contributed by atoms with Gasteiger partial charge in [-0.25, -0.2) is 0 Å². The summed E-state index contributed by atoms with van der Waals surface area (Å²) >= 11 is 18.1. The van der Waals surface area contributed by atoms with Crippen molar-refractivity contribution in [1.82, 2.24) is 10.2 Å². The van der Waals surface area contributed by atoms with Crippen molar-refractivity contribution in [3.63, 3.8) is 0 Å². The van der Waals surface area contributed by atoms with Crippen molar-refractivity contribution in [3.8, 4) is 0 Å². The molecule has 0 saturated carbocycles. The minimum Gasteiger partial charge on any atom is -0.368 e. The average Bonchev–Trinajstić information content (AvgIpc) is 2.76. The summed E-state index contributed by atoms with van der Waals surface area (Å²) in [5.74, 6) is -0.0617. The number of nitrogens with zero attached hydrogens (tertiary/aromatic N) is 2. The molecule has 1 saturated heterocycles. The summed E-state index contributed by atoms with van der Waals surface area (Å²) in [4.78, 5) is 16.6. The van der Waals surface area contributed by atoms with Gasteiger partial charge in [-0.05, 0) is 48.5 Å². The lowest BCUT2D eigenvalue weighted by atomic mass is 10.2. The van der Waals surface area contributed by atoms with Crippen molar-refractivity contribution in [2.45, 2.75) is 39.2 Å². The molecule has 172 valence electrons. The van der Waals surface area contributed by atoms with E-state index in [-0.39, 0.29) is 5.91 Å². The highest BCUT2D eigenvalue weighted by molar-refractivity contribution is 7.80. The molecule has 0 unspecified atom stereocenters. The monoisotopic (exact) mass is 492 g/mol. The van der Waals surface area contributed by atoms with Crippen molar-refractivity contribution < 1.29 is 4.79 Å². The van der Waals surface area contributed by atoms with Crippen LogP contribution >= 0.6 is 35.4 Å². The van der Waals surface area contributed by atoms with Crippen molar-refractivity contribution in [2.75, 3.05) is 36.4 Å². The summed E-state index contributed by atoms with van der Waals surface area (Å²) in [6, 6.07) is 13.8. The normalized spacial score (nSPS) is 14.3. The molecular weight excluding hydrogens is 463 g/mol. The molecule has 0 atom stereocenters. The van der Waals surface area contributed by atoms with Crippen LogP contribution in [0.15, 0.2) is 42.5 Å². The number of benzene rings is 2. The number of anilines is 2. The van der Waals surface area contributed by atoms with Crippen LogP contribution < -0.4 is 15.5 Å². The van der Waals surface area contributed by atoms with Gasteiger partial charge in [0.15, 0.2) is 5.11 Å². The van der Waals surface area contributed by atoms with Gasteiger partial charge >= 0.3 is 0 Å². The molecule has 2 aromatic rings. The summed E-state index contributed by atoms with van der Waals surface area (Å²) in [6.07, 6.45) is 3.48. The predicted octanol–water partition coefficient (Wildman–Crippen LogP) is 5.71. The first kappa shape index (κ1) is 24.8. The maximum Gasteiger partial charge on any atom is 0.226 e. The second-order valence-electron chi connectivity index (χ2n) is 7.98. The molecule has 32 heavy (non-hydrogen) atoms. The molecule has 1 aliphatic rings. The van der Waals surface area contributed by atoms with Crippen LogP contribution in [-0.4, -0.2) is 42.1 Å². The number of piperazine rings is 1. The first-order valence-corrected chi connectivity index (χ1v) is 12.2. The molecule has 3 rings (SSSR count). The smallest absolute Gasteiger partial charge is 0.226 e. The lowest BCUT2D eigenvalue weighted by molar-refractivity contribution is -0.119. The fourth-order valence-electron chi connectivity index (χ4n) is 3.74. The first-order chi connectivity index (χ1) is 15.5. The number of nitrogens with one attached hydrogen (secondary N) is 2. The van der Waals surface area contributed by atoms with Crippen LogP contribution in [0, 0.1) is 0 Å². The Morgan fingerprint density at radius 1 is 1.03 bits per heavy atom. The molecule has 0 aliphatic carbocycles. The maximum absolute atomic E-state index is 11.9. The second kappa shape index (κ2) is 12.4. The van der Waals surface area contributed by atoms with Gasteiger partial charge in [0, 0.05) is 49.9 Å². The Morgan fingerprint density at radius 2 is 1.78 bits per heavy atom. The number of rotatable bonds is 8. The van der Waals surface area contributed by atoms with E-state index in [0.29, 0.717) is 16.6 Å². The van der Waals surface area contributed by atoms with E-state index < -0.39 is 0 Å². The molecule has 0 radical (unpaired) electrons. The van der Waals surface area contributed by atoms with Crippen molar-refractivity contribution in [3.05, 3.63) is 58.1 Å². The number of hydrogen-bond donors (Lipinski definition) is 2. The molecule has 2 N–H and O–H groups in total. The summed E-state index contributed by atoms with van der Waals surface area (Å²) < 4.78 is 0. The van der Waals surface area contributed by atoms with Gasteiger partial charge in [0.25, 0.3) is 0 Å². The third kappa shape index (κ3) is 7.34. The van der Waals surface area contributed by atoms with E-state index in [0.717, 1.165) is 73.9 Å². The van der Waals surface area contributed by atoms with Crippen LogP contribution in [0.1, 0.15) is 38.2 Å². The van der Waals surface area contributed by atoms with E-state index in [2.05, 4.69) is 33.4 Å². The minimum atomic E-state index is -0.0617. The summed E-state index contributed by atoms with van der Waals surface area (Å²) in [5, 5.41) is 7.55. The quantitative estimate of drug-likeness (QED) is 0.365. The van der Waals surface area contributed by atoms with Crippen molar-refractivity contribution in [1.29, 1.82) is 0 Å². The Morgan fingerprint density at radius 3 is 2.47 bits per heavy atom. The van der Waals surface area contributed by atoms with Gasteiger partial charge < -0.3 is 15.5 Å². The van der Waals surface area contributed by atoms with E-state index >= 15 is 0 Å². The van der Waals surface area contributed by atoms with Crippen LogP contribution in [0.4, 0.5) is 11.4 Å². The lowest BCUT2D eigenvalue weighted by Gasteiger charge is -2.36. The van der Waals surface area contributed by atoms with E-state index in [1.54, 1.807) is 0 Å². The minimum absolute atomic E-state index is 0.0617. The summed E-state index contributed by atoms with van der Waals surface area (Å²) in [6.45, 7) is 6.63. The number of hydrogen-bond acceptors (Lipinski definition) is 4. The van der Waals surface area contributed by atoms with Crippen LogP contribution in [0.5, 0.6) is 0 Å². The molecule has 1 heterocycles. The number of halogens is 2. The zero-order valence-corrected chi connectivity index (χ0v) is 20.7.